The topological polar surface area (TPSA) is 162 Å². The molecule has 3 fully saturated rings. The van der Waals surface area contributed by atoms with Crippen molar-refractivity contribution >= 4 is 34.6 Å². The van der Waals surface area contributed by atoms with Crippen molar-refractivity contribution in [3.05, 3.63) is 71.0 Å². The number of ether oxygens (including phenoxy) is 2. The molecule has 4 aromatic rings. The van der Waals surface area contributed by atoms with E-state index in [9.17, 15) is 33.4 Å². The molecule has 358 valence electrons. The second-order valence-corrected chi connectivity index (χ2v) is 20.1. The largest absolute Gasteiger partial charge is 0.480 e. The van der Waals surface area contributed by atoms with Crippen molar-refractivity contribution in [3.8, 4) is 22.4 Å². The number of amides is 2. The lowest BCUT2D eigenvalue weighted by atomic mass is 9.84. The first-order chi connectivity index (χ1) is 31.2. The molecule has 3 saturated heterocycles. The van der Waals surface area contributed by atoms with E-state index in [1.807, 2.05) is 38.2 Å². The van der Waals surface area contributed by atoms with Gasteiger partial charge in [0.05, 0.1) is 42.5 Å². The fraction of sp³-hybridized carbons (Fsp3) is 0.560. The van der Waals surface area contributed by atoms with Gasteiger partial charge in [0.2, 0.25) is 0 Å². The monoisotopic (exact) mass is 916 g/mol. The summed E-state index contributed by atoms with van der Waals surface area (Å²) in [6, 6.07) is 10.8. The first kappa shape index (κ1) is 48.8. The van der Waals surface area contributed by atoms with E-state index < -0.39 is 47.5 Å². The Hall–Kier alpha value is -5.16. The molecule has 66 heavy (non-hydrogen) atoms. The lowest BCUT2D eigenvalue weighted by Gasteiger charge is -2.44. The number of benzene rings is 2. The molecule has 0 unspecified atom stereocenters. The lowest BCUT2D eigenvalue weighted by molar-refractivity contribution is -0.147. The number of nitrogens with zero attached hydrogens (tertiary/aromatic N) is 5. The van der Waals surface area contributed by atoms with Gasteiger partial charge in [0, 0.05) is 74.3 Å². The van der Waals surface area contributed by atoms with E-state index in [1.54, 1.807) is 26.8 Å². The molecule has 0 radical (unpaired) electrons. The standard InChI is InChI=1S/C50H67F2N7O7/c1-9-58-42-13-12-32(33-19-31(20-34(22-33)45(51)52)21-41(54-48(64)66-49(4,5)6)46(61)59-14-10-11-40(55-59)47(62)63)23-37(42)39(25-50(7,8)29-60)44(58)38-24-35(26-53-43(38)30(2)3)57-16-15-56-17-18-65-28-36(56)27-57/h12-13,19-20,22-24,26,30,36,40-41,45,55,60H,9-11,14-18,21,25,27-29H2,1-8H3,(H,54,64)(H,62,63)/t36-,40-,41-/m0/s1. The van der Waals surface area contributed by atoms with Gasteiger partial charge in [-0.2, -0.15) is 0 Å². The minimum Gasteiger partial charge on any atom is -0.480 e. The highest BCUT2D eigenvalue weighted by Crippen LogP contribution is 2.43. The van der Waals surface area contributed by atoms with Gasteiger partial charge < -0.3 is 34.5 Å². The van der Waals surface area contributed by atoms with Gasteiger partial charge in [0.1, 0.15) is 17.7 Å². The molecule has 3 atom stereocenters. The number of piperazine rings is 1. The van der Waals surface area contributed by atoms with Crippen molar-refractivity contribution in [1.82, 2.24) is 30.2 Å². The number of aliphatic carboxylic acids is 1. The third kappa shape index (κ3) is 11.0. The number of aromatic nitrogens is 2. The zero-order valence-corrected chi connectivity index (χ0v) is 39.6. The highest BCUT2D eigenvalue weighted by molar-refractivity contribution is 5.96. The summed E-state index contributed by atoms with van der Waals surface area (Å²) in [4.78, 5) is 49.2. The Kier molecular flexibility index (Phi) is 14.8. The van der Waals surface area contributed by atoms with Crippen molar-refractivity contribution in [3.63, 3.8) is 0 Å². The first-order valence-corrected chi connectivity index (χ1v) is 23.3. The summed E-state index contributed by atoms with van der Waals surface area (Å²) in [5, 5.41) is 25.1. The van der Waals surface area contributed by atoms with Crippen molar-refractivity contribution < 1.29 is 42.9 Å². The molecule has 4 N–H and O–H groups in total. The molecule has 2 amide bonds. The van der Waals surface area contributed by atoms with Crippen LogP contribution in [-0.4, -0.2) is 124 Å². The number of alkyl carbamates (subject to hydrolysis) is 1. The number of aliphatic hydroxyl groups is 1. The van der Waals surface area contributed by atoms with Gasteiger partial charge in [-0.25, -0.2) is 19.0 Å². The van der Waals surface area contributed by atoms with Crippen LogP contribution in [0.25, 0.3) is 33.3 Å². The van der Waals surface area contributed by atoms with Crippen LogP contribution in [0, 0.1) is 5.41 Å². The van der Waals surface area contributed by atoms with Crippen LogP contribution in [0.3, 0.4) is 0 Å². The molecule has 2 aromatic carbocycles. The average molecular weight is 916 g/mol. The van der Waals surface area contributed by atoms with Crippen molar-refractivity contribution in [2.75, 3.05) is 57.4 Å². The Morgan fingerprint density at radius 2 is 1.79 bits per heavy atom. The Morgan fingerprint density at radius 1 is 1.02 bits per heavy atom. The number of carbonyl (C=O) groups excluding carboxylic acids is 2. The van der Waals surface area contributed by atoms with E-state index in [2.05, 4.69) is 51.9 Å². The Bertz CT molecular complexity index is 2410. The highest BCUT2D eigenvalue weighted by atomic mass is 19.3. The fourth-order valence-electron chi connectivity index (χ4n) is 9.55. The van der Waals surface area contributed by atoms with E-state index in [-0.39, 0.29) is 31.1 Å². The molecule has 14 nitrogen and oxygen atoms in total. The summed E-state index contributed by atoms with van der Waals surface area (Å²) in [6.45, 7) is 21.3. The van der Waals surface area contributed by atoms with Crippen LogP contribution in [-0.2, 0) is 38.4 Å². The number of carboxylic acids is 1. The number of carboxylic acid groups (broad SMARTS) is 1. The van der Waals surface area contributed by atoms with E-state index in [1.165, 1.54) is 17.1 Å². The van der Waals surface area contributed by atoms with Crippen LogP contribution in [0.4, 0.5) is 19.3 Å². The van der Waals surface area contributed by atoms with Crippen molar-refractivity contribution in [2.24, 2.45) is 5.41 Å². The van der Waals surface area contributed by atoms with Crippen LogP contribution in [0.2, 0.25) is 0 Å². The number of carbonyl (C=O) groups is 3. The molecular formula is C50H67F2N7O7. The molecular weight excluding hydrogens is 849 g/mol. The van der Waals surface area contributed by atoms with E-state index >= 15 is 0 Å². The minimum atomic E-state index is -2.85. The molecule has 16 heteroatoms. The number of morpholine rings is 1. The molecule has 0 saturated carbocycles. The highest BCUT2D eigenvalue weighted by Gasteiger charge is 2.35. The van der Waals surface area contributed by atoms with Gasteiger partial charge >= 0.3 is 12.1 Å². The van der Waals surface area contributed by atoms with E-state index in [4.69, 9.17) is 14.5 Å². The third-order valence-corrected chi connectivity index (χ3v) is 12.9. The Morgan fingerprint density at radius 3 is 2.47 bits per heavy atom. The summed E-state index contributed by atoms with van der Waals surface area (Å²) in [5.74, 6) is -1.64. The average Bonchev–Trinajstić information content (AvgIpc) is 3.58. The first-order valence-electron chi connectivity index (χ1n) is 23.3. The van der Waals surface area contributed by atoms with Gasteiger partial charge in [-0.05, 0) is 105 Å². The van der Waals surface area contributed by atoms with Gasteiger partial charge in [0.25, 0.3) is 12.3 Å². The molecule has 3 aliphatic heterocycles. The van der Waals surface area contributed by atoms with Crippen molar-refractivity contribution in [2.45, 2.75) is 124 Å². The number of hydrogen-bond donors (Lipinski definition) is 4. The van der Waals surface area contributed by atoms with Gasteiger partial charge in [-0.3, -0.25) is 24.5 Å². The smallest absolute Gasteiger partial charge is 0.408 e. The maximum Gasteiger partial charge on any atom is 0.408 e. The number of anilines is 1. The maximum absolute atomic E-state index is 14.9. The predicted octanol–water partition coefficient (Wildman–Crippen LogP) is 7.55. The number of halogens is 2. The number of rotatable bonds is 14. The minimum absolute atomic E-state index is 0.0606. The molecule has 0 spiro atoms. The quantitative estimate of drug-likeness (QED) is 0.0989. The number of pyridine rings is 1. The van der Waals surface area contributed by atoms with Crippen LogP contribution in [0.15, 0.2) is 48.7 Å². The number of nitrogens with one attached hydrogen (secondary N) is 2. The van der Waals surface area contributed by atoms with Crippen LogP contribution in [0.1, 0.15) is 103 Å². The van der Waals surface area contributed by atoms with E-state index in [0.717, 1.165) is 71.9 Å². The van der Waals surface area contributed by atoms with Gasteiger partial charge in [-0.15, -0.1) is 0 Å². The molecule has 7 rings (SSSR count). The summed E-state index contributed by atoms with van der Waals surface area (Å²) in [7, 11) is 0. The molecule has 0 aliphatic carbocycles. The normalized spacial score (nSPS) is 19.0. The SMILES string of the molecule is CCn1c(-c2cc(N3CCN4CCOC[C@@H]4C3)cnc2C(C)C)c(CC(C)(C)CO)c2cc(-c3cc(C[C@H](NC(=O)OC(C)(C)C)C(=O)N4CCC[C@@H](C(=O)O)N4)cc(C(F)F)c3)ccc21. The predicted molar refractivity (Wildman–Crippen MR) is 251 cm³/mol. The number of fused-ring (bicyclic) bond motifs is 2. The van der Waals surface area contributed by atoms with Crippen molar-refractivity contribution in [1.29, 1.82) is 0 Å². The third-order valence-electron chi connectivity index (χ3n) is 12.9. The number of hydrazine groups is 1. The Balaban J connectivity index is 1.33. The van der Waals surface area contributed by atoms with Gasteiger partial charge in [-0.1, -0.05) is 45.9 Å². The zero-order valence-electron chi connectivity index (χ0n) is 39.6. The molecule has 2 aromatic heterocycles. The second kappa shape index (κ2) is 20.0. The number of hydrogen-bond acceptors (Lipinski definition) is 10. The van der Waals surface area contributed by atoms with E-state index in [0.29, 0.717) is 55.1 Å². The van der Waals surface area contributed by atoms with Crippen LogP contribution in [0.5, 0.6) is 0 Å². The number of aryl methyl sites for hydroxylation is 1. The molecule has 5 heterocycles. The van der Waals surface area contributed by atoms with Gasteiger partial charge in [0.15, 0.2) is 0 Å². The summed E-state index contributed by atoms with van der Waals surface area (Å²) in [5.41, 5.74) is 8.60. The zero-order chi connectivity index (χ0) is 47.7. The number of aliphatic hydroxyl groups excluding tert-OH is 1. The lowest BCUT2D eigenvalue weighted by Crippen LogP contribution is -2.60. The van der Waals surface area contributed by atoms with Crippen LogP contribution >= 0.6 is 0 Å². The second-order valence-electron chi connectivity index (χ2n) is 20.1. The summed E-state index contributed by atoms with van der Waals surface area (Å²) >= 11 is 0. The Labute approximate surface area is 386 Å². The summed E-state index contributed by atoms with van der Waals surface area (Å²) < 4.78 is 43.4. The van der Waals surface area contributed by atoms with Crippen LogP contribution < -0.4 is 15.6 Å². The molecule has 0 bridgehead atoms. The fourth-order valence-corrected chi connectivity index (χ4v) is 9.55. The number of alkyl halides is 2. The molecule has 3 aliphatic rings. The summed E-state index contributed by atoms with van der Waals surface area (Å²) in [6.07, 6.45) is -0.682. The maximum atomic E-state index is 14.9.